The van der Waals surface area contributed by atoms with E-state index in [-0.39, 0.29) is 10.9 Å². The first-order chi connectivity index (χ1) is 17.4. The molecule has 2 heterocycles. The highest BCUT2D eigenvalue weighted by atomic mass is 35.5. The predicted octanol–water partition coefficient (Wildman–Crippen LogP) is 7.15. The van der Waals surface area contributed by atoms with Gasteiger partial charge in [0.1, 0.15) is 11.3 Å². The monoisotopic (exact) mass is 534 g/mol. The largest absolute Gasteiger partial charge is 0.451 e. The van der Waals surface area contributed by atoms with Crippen LogP contribution in [0.25, 0.3) is 33.4 Å². The van der Waals surface area contributed by atoms with Gasteiger partial charge in [-0.1, -0.05) is 59.6 Å². The number of anilines is 1. The lowest BCUT2D eigenvalue weighted by Crippen LogP contribution is -2.33. The maximum atomic E-state index is 12.7. The summed E-state index contributed by atoms with van der Waals surface area (Å²) >= 11 is 17.6. The normalized spacial score (nSPS) is 10.8. The molecule has 2 aromatic heterocycles. The Morgan fingerprint density at radius 3 is 2.50 bits per heavy atom. The molecule has 0 aliphatic heterocycles. The van der Waals surface area contributed by atoms with Crippen LogP contribution < -0.4 is 16.3 Å². The SMILES string of the molecule is O=C(NC(=S)Nc1cccc(-c2cc3ccccc3oc2=O)c1)c1ccc(-c2cccc(Cl)c2Cl)o1. The number of carbonyl (C=O) groups excluding carboxylic acids is 1. The van der Waals surface area contributed by atoms with Gasteiger partial charge in [-0.3, -0.25) is 10.1 Å². The standard InChI is InChI=1S/C27H16Cl2N2O4S/c28-20-9-4-8-18(24(20)29)22-11-12-23(34-22)25(32)31-27(36)30-17-7-3-6-15(13-17)19-14-16-5-1-2-10-21(16)35-26(19)33/h1-14H,(H2,30,31,32,36). The molecule has 0 atom stereocenters. The summed E-state index contributed by atoms with van der Waals surface area (Å²) in [4.78, 5) is 25.2. The van der Waals surface area contributed by atoms with Gasteiger partial charge in [-0.2, -0.15) is 0 Å². The van der Waals surface area contributed by atoms with Crippen LogP contribution in [0.2, 0.25) is 10.0 Å². The van der Waals surface area contributed by atoms with Gasteiger partial charge in [0.15, 0.2) is 10.9 Å². The molecule has 2 N–H and O–H groups in total. The number of furan rings is 1. The van der Waals surface area contributed by atoms with Crippen molar-refractivity contribution in [3.05, 3.63) is 111 Å². The molecule has 0 radical (unpaired) electrons. The molecule has 0 bridgehead atoms. The van der Waals surface area contributed by atoms with Gasteiger partial charge in [-0.15, -0.1) is 0 Å². The Balaban J connectivity index is 1.30. The first-order valence-electron chi connectivity index (χ1n) is 10.7. The number of benzene rings is 3. The highest BCUT2D eigenvalue weighted by Crippen LogP contribution is 2.34. The molecule has 5 rings (SSSR count). The maximum absolute atomic E-state index is 12.7. The van der Waals surface area contributed by atoms with Crippen LogP contribution in [0.3, 0.4) is 0 Å². The molecular formula is C27H16Cl2N2O4S. The van der Waals surface area contributed by atoms with Crippen molar-refractivity contribution >= 4 is 63.1 Å². The van der Waals surface area contributed by atoms with Gasteiger partial charge in [-0.25, -0.2) is 4.79 Å². The molecule has 0 aliphatic carbocycles. The second-order valence-electron chi connectivity index (χ2n) is 7.74. The van der Waals surface area contributed by atoms with Crippen molar-refractivity contribution < 1.29 is 13.6 Å². The van der Waals surface area contributed by atoms with E-state index in [4.69, 9.17) is 44.3 Å². The van der Waals surface area contributed by atoms with Crippen LogP contribution in [0.1, 0.15) is 10.6 Å². The number of hydrogen-bond acceptors (Lipinski definition) is 5. The minimum Gasteiger partial charge on any atom is -0.451 e. The van der Waals surface area contributed by atoms with E-state index in [0.717, 1.165) is 5.39 Å². The Kier molecular flexibility index (Phi) is 6.61. The first-order valence-corrected chi connectivity index (χ1v) is 11.9. The lowest BCUT2D eigenvalue weighted by atomic mass is 10.1. The van der Waals surface area contributed by atoms with E-state index in [0.29, 0.717) is 43.8 Å². The number of rotatable bonds is 4. The summed E-state index contributed by atoms with van der Waals surface area (Å²) in [5, 5.41) is 7.11. The van der Waals surface area contributed by atoms with Crippen molar-refractivity contribution in [2.75, 3.05) is 5.32 Å². The summed E-state index contributed by atoms with van der Waals surface area (Å²) in [5.41, 5.74) is 2.27. The summed E-state index contributed by atoms with van der Waals surface area (Å²) in [6.07, 6.45) is 0. The number of hydrogen-bond donors (Lipinski definition) is 2. The topological polar surface area (TPSA) is 84.5 Å². The molecule has 0 saturated carbocycles. The Labute approximate surface area is 220 Å². The van der Waals surface area contributed by atoms with E-state index in [1.54, 1.807) is 66.7 Å². The van der Waals surface area contributed by atoms with Gasteiger partial charge in [-0.05, 0) is 66.3 Å². The third kappa shape index (κ3) is 4.90. The van der Waals surface area contributed by atoms with Gasteiger partial charge in [0.2, 0.25) is 0 Å². The zero-order chi connectivity index (χ0) is 25.2. The summed E-state index contributed by atoms with van der Waals surface area (Å²) in [6, 6.07) is 24.4. The lowest BCUT2D eigenvalue weighted by Gasteiger charge is -2.10. The lowest BCUT2D eigenvalue weighted by molar-refractivity contribution is 0.0951. The Morgan fingerprint density at radius 2 is 1.64 bits per heavy atom. The van der Waals surface area contributed by atoms with E-state index in [1.807, 2.05) is 12.1 Å². The van der Waals surface area contributed by atoms with Crippen molar-refractivity contribution in [1.29, 1.82) is 0 Å². The fourth-order valence-corrected chi connectivity index (χ4v) is 4.26. The molecule has 6 nitrogen and oxygen atoms in total. The molecule has 9 heteroatoms. The Morgan fingerprint density at radius 1 is 0.833 bits per heavy atom. The smallest absolute Gasteiger partial charge is 0.344 e. The van der Waals surface area contributed by atoms with Crippen LogP contribution in [-0.2, 0) is 0 Å². The third-order valence-electron chi connectivity index (χ3n) is 5.35. The van der Waals surface area contributed by atoms with Crippen LogP contribution in [0.15, 0.2) is 98.6 Å². The fraction of sp³-hybridized carbons (Fsp3) is 0. The molecule has 1 amide bonds. The Bertz CT molecular complexity index is 1690. The molecule has 5 aromatic rings. The van der Waals surface area contributed by atoms with Crippen LogP contribution in [-0.4, -0.2) is 11.0 Å². The number of amides is 1. The van der Waals surface area contributed by atoms with Crippen molar-refractivity contribution in [1.82, 2.24) is 5.32 Å². The molecule has 0 unspecified atom stereocenters. The van der Waals surface area contributed by atoms with E-state index >= 15 is 0 Å². The average molecular weight is 535 g/mol. The summed E-state index contributed by atoms with van der Waals surface area (Å²) in [5.74, 6) is -0.0932. The second kappa shape index (κ2) is 9.99. The van der Waals surface area contributed by atoms with Crippen LogP contribution in [0.5, 0.6) is 0 Å². The zero-order valence-corrected chi connectivity index (χ0v) is 20.7. The molecule has 178 valence electrons. The zero-order valence-electron chi connectivity index (χ0n) is 18.4. The summed E-state index contributed by atoms with van der Waals surface area (Å²) in [7, 11) is 0. The summed E-state index contributed by atoms with van der Waals surface area (Å²) in [6.45, 7) is 0. The van der Waals surface area contributed by atoms with Crippen molar-refractivity contribution in [2.45, 2.75) is 0 Å². The van der Waals surface area contributed by atoms with Gasteiger partial charge in [0.25, 0.3) is 5.91 Å². The number of halogens is 2. The van der Waals surface area contributed by atoms with Crippen molar-refractivity contribution in [3.63, 3.8) is 0 Å². The average Bonchev–Trinajstić information content (AvgIpc) is 3.36. The minimum absolute atomic E-state index is 0.0488. The van der Waals surface area contributed by atoms with Gasteiger partial charge >= 0.3 is 5.63 Å². The molecule has 3 aromatic carbocycles. The highest BCUT2D eigenvalue weighted by molar-refractivity contribution is 7.80. The van der Waals surface area contributed by atoms with E-state index in [1.165, 1.54) is 6.07 Å². The molecule has 0 saturated heterocycles. The molecule has 36 heavy (non-hydrogen) atoms. The summed E-state index contributed by atoms with van der Waals surface area (Å²) < 4.78 is 11.1. The predicted molar refractivity (Wildman–Crippen MR) is 146 cm³/mol. The van der Waals surface area contributed by atoms with Crippen LogP contribution in [0.4, 0.5) is 5.69 Å². The molecular weight excluding hydrogens is 519 g/mol. The second-order valence-corrected chi connectivity index (χ2v) is 8.93. The van der Waals surface area contributed by atoms with Gasteiger partial charge in [0.05, 0.1) is 15.6 Å². The highest BCUT2D eigenvalue weighted by Gasteiger charge is 2.16. The van der Waals surface area contributed by atoms with E-state index in [9.17, 15) is 9.59 Å². The fourth-order valence-electron chi connectivity index (χ4n) is 3.65. The number of fused-ring (bicyclic) bond motifs is 1. The molecule has 0 aliphatic rings. The first kappa shape index (κ1) is 23.8. The van der Waals surface area contributed by atoms with Crippen LogP contribution in [0, 0.1) is 0 Å². The van der Waals surface area contributed by atoms with Crippen molar-refractivity contribution in [3.8, 4) is 22.5 Å². The maximum Gasteiger partial charge on any atom is 0.344 e. The third-order valence-corrected chi connectivity index (χ3v) is 6.37. The van der Waals surface area contributed by atoms with E-state index < -0.39 is 11.5 Å². The van der Waals surface area contributed by atoms with Gasteiger partial charge < -0.3 is 14.2 Å². The molecule has 0 spiro atoms. The number of para-hydroxylation sites is 1. The van der Waals surface area contributed by atoms with E-state index in [2.05, 4.69) is 10.6 Å². The number of nitrogens with one attached hydrogen (secondary N) is 2. The molecule has 0 fully saturated rings. The quantitative estimate of drug-likeness (QED) is 0.188. The van der Waals surface area contributed by atoms with Gasteiger partial charge in [0, 0.05) is 16.6 Å². The number of thiocarbonyl (C=S) groups is 1. The number of carbonyl (C=O) groups is 1. The van der Waals surface area contributed by atoms with Crippen LogP contribution >= 0.6 is 35.4 Å². The minimum atomic E-state index is -0.539. The van der Waals surface area contributed by atoms with Crippen molar-refractivity contribution in [2.24, 2.45) is 0 Å². The Hall–Kier alpha value is -3.91.